The normalized spacial score (nSPS) is 20.9. The van der Waals surface area contributed by atoms with Crippen LogP contribution in [0, 0.1) is 12.8 Å². The van der Waals surface area contributed by atoms with E-state index in [2.05, 4.69) is 58.2 Å². The molecule has 0 aromatic heterocycles. The number of hydrogen-bond donors (Lipinski definition) is 0. The predicted octanol–water partition coefficient (Wildman–Crippen LogP) is 6.41. The van der Waals surface area contributed by atoms with Gasteiger partial charge in [-0.15, -0.1) is 0 Å². The SMILES string of the molecule is Cc1ccc(S(=O)(=O)OC[C@H](C)C[C@@H]2CC=C[C@@H](C/C=C\CO[Si](C)(C)C(C)(C)C)O2)cc1. The molecule has 186 valence electrons. The summed E-state index contributed by atoms with van der Waals surface area (Å²) in [6, 6.07) is 6.71. The van der Waals surface area contributed by atoms with Gasteiger partial charge in [0.2, 0.25) is 0 Å². The monoisotopic (exact) mass is 494 g/mol. The van der Waals surface area contributed by atoms with Crippen LogP contribution in [0.2, 0.25) is 18.1 Å². The fourth-order valence-electron chi connectivity index (χ4n) is 3.28. The van der Waals surface area contributed by atoms with Crippen LogP contribution in [0.1, 0.15) is 52.5 Å². The van der Waals surface area contributed by atoms with Crippen LogP contribution in [0.5, 0.6) is 0 Å². The molecule has 1 heterocycles. The molecule has 2 rings (SSSR count). The minimum absolute atomic E-state index is 0.0391. The molecule has 1 aromatic carbocycles. The lowest BCUT2D eigenvalue weighted by Crippen LogP contribution is -2.40. The average molecular weight is 495 g/mol. The van der Waals surface area contributed by atoms with Gasteiger partial charge in [-0.05, 0) is 62.4 Å². The van der Waals surface area contributed by atoms with Gasteiger partial charge in [0, 0.05) is 0 Å². The van der Waals surface area contributed by atoms with Gasteiger partial charge >= 0.3 is 0 Å². The van der Waals surface area contributed by atoms with Gasteiger partial charge in [-0.3, -0.25) is 4.18 Å². The molecule has 0 aliphatic carbocycles. The lowest BCUT2D eigenvalue weighted by molar-refractivity contribution is -0.00742. The molecular weight excluding hydrogens is 452 g/mol. The van der Waals surface area contributed by atoms with E-state index in [0.29, 0.717) is 6.61 Å². The van der Waals surface area contributed by atoms with Crippen molar-refractivity contribution in [2.45, 2.75) is 89.1 Å². The molecule has 0 saturated heterocycles. The summed E-state index contributed by atoms with van der Waals surface area (Å²) in [5, 5.41) is 0.211. The van der Waals surface area contributed by atoms with Crippen molar-refractivity contribution in [1.82, 2.24) is 0 Å². The Hall–Kier alpha value is -1.25. The molecule has 1 aromatic rings. The van der Waals surface area contributed by atoms with Crippen LogP contribution >= 0.6 is 0 Å². The number of hydrogen-bond acceptors (Lipinski definition) is 5. The maximum atomic E-state index is 12.4. The van der Waals surface area contributed by atoms with Gasteiger partial charge in [-0.25, -0.2) is 0 Å². The second-order valence-corrected chi connectivity index (χ2v) is 17.1. The zero-order chi connectivity index (χ0) is 24.7. The third-order valence-corrected chi connectivity index (χ3v) is 12.3. The second kappa shape index (κ2) is 11.9. The summed E-state index contributed by atoms with van der Waals surface area (Å²) < 4.78 is 42.5. The van der Waals surface area contributed by atoms with E-state index in [0.717, 1.165) is 24.8 Å². The first-order valence-electron chi connectivity index (χ1n) is 11.9. The molecule has 0 amide bonds. The maximum Gasteiger partial charge on any atom is 0.296 e. The summed E-state index contributed by atoms with van der Waals surface area (Å²) in [5.74, 6) is 0.0657. The first kappa shape index (κ1) is 28.0. The summed E-state index contributed by atoms with van der Waals surface area (Å²) in [6.07, 6.45) is 11.0. The molecule has 0 radical (unpaired) electrons. The van der Waals surface area contributed by atoms with E-state index in [1.807, 2.05) is 13.8 Å². The Kier molecular flexibility index (Phi) is 10.1. The van der Waals surface area contributed by atoms with Crippen LogP contribution in [-0.4, -0.2) is 42.2 Å². The van der Waals surface area contributed by atoms with Gasteiger partial charge in [-0.2, -0.15) is 8.42 Å². The minimum atomic E-state index is -3.73. The van der Waals surface area contributed by atoms with Gasteiger partial charge in [0.1, 0.15) is 0 Å². The van der Waals surface area contributed by atoms with Crippen molar-refractivity contribution in [3.05, 3.63) is 54.1 Å². The Labute approximate surface area is 202 Å². The highest BCUT2D eigenvalue weighted by Crippen LogP contribution is 2.36. The van der Waals surface area contributed by atoms with Crippen molar-refractivity contribution in [3.8, 4) is 0 Å². The van der Waals surface area contributed by atoms with Crippen molar-refractivity contribution in [2.24, 2.45) is 5.92 Å². The number of aryl methyl sites for hydroxylation is 1. The quantitative estimate of drug-likeness (QED) is 0.202. The van der Waals surface area contributed by atoms with Crippen molar-refractivity contribution in [3.63, 3.8) is 0 Å². The highest BCUT2D eigenvalue weighted by atomic mass is 32.2. The molecule has 0 spiro atoms. The zero-order valence-corrected chi connectivity index (χ0v) is 23.2. The number of rotatable bonds is 11. The molecule has 0 fully saturated rings. The molecule has 1 aliphatic rings. The van der Waals surface area contributed by atoms with Crippen LogP contribution < -0.4 is 0 Å². The molecule has 0 unspecified atom stereocenters. The Bertz CT molecular complexity index is 898. The molecule has 5 nitrogen and oxygen atoms in total. The molecule has 0 N–H and O–H groups in total. The topological polar surface area (TPSA) is 61.8 Å². The van der Waals surface area contributed by atoms with Gasteiger partial charge in [-0.1, -0.05) is 69.7 Å². The number of ether oxygens (including phenoxy) is 1. The molecule has 3 atom stereocenters. The first-order valence-corrected chi connectivity index (χ1v) is 16.2. The van der Waals surface area contributed by atoms with E-state index in [-0.39, 0.29) is 34.7 Å². The van der Waals surface area contributed by atoms with Crippen LogP contribution in [-0.2, 0) is 23.5 Å². The minimum Gasteiger partial charge on any atom is -0.413 e. The second-order valence-electron chi connectivity index (χ2n) is 10.6. The van der Waals surface area contributed by atoms with Crippen molar-refractivity contribution >= 4 is 18.4 Å². The largest absolute Gasteiger partial charge is 0.413 e. The smallest absolute Gasteiger partial charge is 0.296 e. The van der Waals surface area contributed by atoms with Crippen LogP contribution in [0.15, 0.2) is 53.5 Å². The molecule has 0 bridgehead atoms. The third kappa shape index (κ3) is 9.13. The Morgan fingerprint density at radius 1 is 1.18 bits per heavy atom. The van der Waals surface area contributed by atoms with E-state index >= 15 is 0 Å². The Balaban J connectivity index is 1.75. The molecular formula is C26H42O5SSi. The molecule has 1 aliphatic heterocycles. The zero-order valence-electron chi connectivity index (χ0n) is 21.3. The van der Waals surface area contributed by atoms with Gasteiger partial charge in [0.05, 0.1) is 30.3 Å². The van der Waals surface area contributed by atoms with E-state index in [1.165, 1.54) is 0 Å². The molecule has 7 heteroatoms. The van der Waals surface area contributed by atoms with Crippen molar-refractivity contribution < 1.29 is 21.8 Å². The van der Waals surface area contributed by atoms with E-state index in [9.17, 15) is 8.42 Å². The van der Waals surface area contributed by atoms with Gasteiger partial charge < -0.3 is 9.16 Å². The molecule has 0 saturated carbocycles. The molecule has 33 heavy (non-hydrogen) atoms. The fraction of sp³-hybridized carbons (Fsp3) is 0.615. The summed E-state index contributed by atoms with van der Waals surface area (Å²) in [4.78, 5) is 0.196. The highest BCUT2D eigenvalue weighted by Gasteiger charge is 2.36. The standard InChI is InChI=1S/C26H42O5SSi/c1-21-14-16-25(17-15-21)32(27,28)29-20-22(2)19-24-13-10-12-23(31-24)11-8-9-18-30-33(6,7)26(3,4)5/h8-10,12,14-17,22-24H,11,13,18-20H2,1-7H3/b9-8-/t22-,23-,24+/m1/s1. The van der Waals surface area contributed by atoms with E-state index in [4.69, 9.17) is 13.3 Å². The van der Waals surface area contributed by atoms with Crippen LogP contribution in [0.4, 0.5) is 0 Å². The third-order valence-electron chi connectivity index (χ3n) is 6.48. The first-order chi connectivity index (χ1) is 15.3. The highest BCUT2D eigenvalue weighted by molar-refractivity contribution is 7.86. The Morgan fingerprint density at radius 2 is 1.85 bits per heavy atom. The Morgan fingerprint density at radius 3 is 2.48 bits per heavy atom. The van der Waals surface area contributed by atoms with E-state index < -0.39 is 18.4 Å². The van der Waals surface area contributed by atoms with Crippen molar-refractivity contribution in [2.75, 3.05) is 13.2 Å². The fourth-order valence-corrected chi connectivity index (χ4v) is 5.25. The lowest BCUT2D eigenvalue weighted by Gasteiger charge is -2.35. The van der Waals surface area contributed by atoms with Gasteiger partial charge in [0.15, 0.2) is 8.32 Å². The lowest BCUT2D eigenvalue weighted by atomic mass is 9.99. The average Bonchev–Trinajstić information content (AvgIpc) is 2.72. The summed E-state index contributed by atoms with van der Waals surface area (Å²) >= 11 is 0. The van der Waals surface area contributed by atoms with E-state index in [1.54, 1.807) is 24.3 Å². The van der Waals surface area contributed by atoms with Crippen molar-refractivity contribution in [1.29, 1.82) is 0 Å². The maximum absolute atomic E-state index is 12.4. The van der Waals surface area contributed by atoms with Crippen LogP contribution in [0.25, 0.3) is 0 Å². The summed E-state index contributed by atoms with van der Waals surface area (Å²) in [5.41, 5.74) is 1.01. The summed E-state index contributed by atoms with van der Waals surface area (Å²) in [6.45, 7) is 16.0. The predicted molar refractivity (Wildman–Crippen MR) is 137 cm³/mol. The number of benzene rings is 1. The van der Waals surface area contributed by atoms with Gasteiger partial charge in [0.25, 0.3) is 10.1 Å². The summed E-state index contributed by atoms with van der Waals surface area (Å²) in [7, 11) is -5.45. The van der Waals surface area contributed by atoms with Crippen LogP contribution in [0.3, 0.4) is 0 Å².